The van der Waals surface area contributed by atoms with E-state index in [0.717, 1.165) is 0 Å². The summed E-state index contributed by atoms with van der Waals surface area (Å²) in [4.78, 5) is 27.1. The molecule has 5 nitrogen and oxygen atoms in total. The average Bonchev–Trinajstić information content (AvgIpc) is 2.47. The zero-order chi connectivity index (χ0) is 17.5. The first kappa shape index (κ1) is 18.7. The van der Waals surface area contributed by atoms with Crippen molar-refractivity contribution in [2.45, 2.75) is 20.0 Å². The molecule has 0 bridgehead atoms. The maximum atomic E-state index is 13.3. The van der Waals surface area contributed by atoms with Gasteiger partial charge in [-0.15, -0.1) is 0 Å². The van der Waals surface area contributed by atoms with Gasteiger partial charge < -0.3 is 9.47 Å². The van der Waals surface area contributed by atoms with Gasteiger partial charge in [0.1, 0.15) is 5.71 Å². The molecule has 126 valence electrons. The van der Waals surface area contributed by atoms with E-state index in [9.17, 15) is 22.8 Å². The van der Waals surface area contributed by atoms with E-state index < -0.39 is 29.7 Å². The van der Waals surface area contributed by atoms with Crippen LogP contribution in [-0.2, 0) is 19.1 Å². The summed E-state index contributed by atoms with van der Waals surface area (Å²) in [5.41, 5.74) is -1.61. The molecule has 0 saturated carbocycles. The van der Waals surface area contributed by atoms with Gasteiger partial charge in [-0.2, -0.15) is 13.2 Å². The molecule has 0 unspecified atom stereocenters. The lowest BCUT2D eigenvalue weighted by molar-refractivity contribution is -0.159. The third-order valence-electron chi connectivity index (χ3n) is 2.61. The second-order valence-electron chi connectivity index (χ2n) is 4.27. The second kappa shape index (κ2) is 8.30. The van der Waals surface area contributed by atoms with Gasteiger partial charge in [0, 0.05) is 0 Å². The summed E-state index contributed by atoms with van der Waals surface area (Å²) in [6, 6.07) is 7.20. The Bertz CT molecular complexity index is 552. The van der Waals surface area contributed by atoms with Gasteiger partial charge in [-0.3, -0.25) is 9.59 Å². The van der Waals surface area contributed by atoms with E-state index >= 15 is 0 Å². The van der Waals surface area contributed by atoms with Crippen molar-refractivity contribution in [2.75, 3.05) is 13.2 Å². The first-order valence-electron chi connectivity index (χ1n) is 6.85. The molecule has 0 fully saturated rings. The first-order chi connectivity index (χ1) is 10.8. The van der Waals surface area contributed by atoms with Crippen molar-refractivity contribution in [3.63, 3.8) is 0 Å². The van der Waals surface area contributed by atoms with Gasteiger partial charge in [-0.05, 0) is 26.0 Å². The predicted molar refractivity (Wildman–Crippen MR) is 76.3 cm³/mol. The topological polar surface area (TPSA) is 65.0 Å². The molecule has 0 aromatic heterocycles. The minimum absolute atomic E-state index is 0.0431. The molecule has 0 N–H and O–H groups in total. The smallest absolute Gasteiger partial charge is 0.430 e. The Morgan fingerprint density at radius 2 is 1.52 bits per heavy atom. The van der Waals surface area contributed by atoms with Crippen molar-refractivity contribution in [3.8, 4) is 0 Å². The molecule has 1 aromatic rings. The summed E-state index contributed by atoms with van der Waals surface area (Å²) < 4.78 is 49.1. The molecule has 0 radical (unpaired) electrons. The number of carbonyl (C=O) groups is 2. The van der Waals surface area contributed by atoms with Crippen LogP contribution in [0.5, 0.6) is 0 Å². The van der Waals surface area contributed by atoms with Gasteiger partial charge in [0.05, 0.1) is 18.9 Å². The molecular weight excluding hydrogens is 315 g/mol. The number of aliphatic imine (C=N–C) groups is 1. The molecule has 0 aliphatic carbocycles. The van der Waals surface area contributed by atoms with Crippen LogP contribution in [0.15, 0.2) is 35.3 Å². The van der Waals surface area contributed by atoms with E-state index in [1.54, 1.807) is 6.07 Å². The normalized spacial score (nSPS) is 12.2. The third-order valence-corrected chi connectivity index (χ3v) is 2.61. The number of ether oxygens (including phenoxy) is 2. The van der Waals surface area contributed by atoms with E-state index in [-0.39, 0.29) is 18.9 Å². The van der Waals surface area contributed by atoms with Crippen LogP contribution in [0.3, 0.4) is 0 Å². The van der Waals surface area contributed by atoms with Crippen LogP contribution in [0.2, 0.25) is 0 Å². The number of carbonyl (C=O) groups excluding carboxylic acids is 2. The van der Waals surface area contributed by atoms with Gasteiger partial charge in [0.25, 0.3) is 0 Å². The second-order valence-corrected chi connectivity index (χ2v) is 4.27. The molecule has 1 aromatic carbocycles. The molecule has 0 amide bonds. The number of esters is 2. The summed E-state index contributed by atoms with van der Waals surface area (Å²) in [7, 11) is 0. The summed E-state index contributed by atoms with van der Waals surface area (Å²) >= 11 is 0. The standard InChI is InChI=1S/C15H16F3NO4/c1-3-22-13(20)11(14(21)23-4-2)12(15(16,17)18)19-10-8-6-5-7-9-10/h5-9,11H,3-4H2,1-2H3. The molecule has 0 atom stereocenters. The number of hydrogen-bond acceptors (Lipinski definition) is 5. The largest absolute Gasteiger partial charge is 0.465 e. The Morgan fingerprint density at radius 3 is 1.91 bits per heavy atom. The molecule has 0 saturated heterocycles. The molecule has 0 aliphatic heterocycles. The van der Waals surface area contributed by atoms with Crippen molar-refractivity contribution < 1.29 is 32.2 Å². The van der Waals surface area contributed by atoms with Crippen molar-refractivity contribution in [1.82, 2.24) is 0 Å². The lowest BCUT2D eigenvalue weighted by atomic mass is 10.0. The fourth-order valence-electron chi connectivity index (χ4n) is 1.70. The number of hydrogen-bond donors (Lipinski definition) is 0. The highest BCUT2D eigenvalue weighted by Crippen LogP contribution is 2.27. The molecule has 8 heteroatoms. The Hall–Kier alpha value is -2.38. The van der Waals surface area contributed by atoms with Crippen molar-refractivity contribution >= 4 is 23.3 Å². The minimum Gasteiger partial charge on any atom is -0.465 e. The molecule has 1 rings (SSSR count). The fourth-order valence-corrected chi connectivity index (χ4v) is 1.70. The molecule has 23 heavy (non-hydrogen) atoms. The fraction of sp³-hybridized carbons (Fsp3) is 0.400. The number of para-hydroxylation sites is 1. The summed E-state index contributed by atoms with van der Waals surface area (Å²) in [5, 5.41) is 0. The summed E-state index contributed by atoms with van der Waals surface area (Å²) in [5.74, 6) is -4.98. The van der Waals surface area contributed by atoms with E-state index in [2.05, 4.69) is 14.5 Å². The number of halogens is 3. The Labute approximate surface area is 131 Å². The Balaban J connectivity index is 3.36. The van der Waals surface area contributed by atoms with Crippen LogP contribution in [0, 0.1) is 5.92 Å². The van der Waals surface area contributed by atoms with E-state index in [1.165, 1.54) is 38.1 Å². The minimum atomic E-state index is -5.00. The van der Waals surface area contributed by atoms with Crippen LogP contribution in [-0.4, -0.2) is 37.0 Å². The predicted octanol–water partition coefficient (Wildman–Crippen LogP) is 3.06. The van der Waals surface area contributed by atoms with E-state index in [0.29, 0.717) is 0 Å². The number of benzene rings is 1. The lowest BCUT2D eigenvalue weighted by Gasteiger charge is -2.18. The van der Waals surface area contributed by atoms with Gasteiger partial charge in [0.2, 0.25) is 5.92 Å². The molecule has 0 spiro atoms. The van der Waals surface area contributed by atoms with Gasteiger partial charge >= 0.3 is 18.1 Å². The molecule has 0 aliphatic rings. The lowest BCUT2D eigenvalue weighted by Crippen LogP contribution is -2.42. The van der Waals surface area contributed by atoms with E-state index in [4.69, 9.17) is 0 Å². The van der Waals surface area contributed by atoms with Crippen molar-refractivity contribution in [3.05, 3.63) is 30.3 Å². The van der Waals surface area contributed by atoms with Crippen LogP contribution >= 0.6 is 0 Å². The summed E-state index contributed by atoms with van der Waals surface area (Å²) in [6.07, 6.45) is -5.00. The van der Waals surface area contributed by atoms with Gasteiger partial charge in [-0.1, -0.05) is 18.2 Å². The maximum absolute atomic E-state index is 13.3. The quantitative estimate of drug-likeness (QED) is 0.456. The van der Waals surface area contributed by atoms with E-state index in [1.807, 2.05) is 0 Å². The van der Waals surface area contributed by atoms with Crippen molar-refractivity contribution in [1.29, 1.82) is 0 Å². The van der Waals surface area contributed by atoms with Crippen LogP contribution in [0.25, 0.3) is 0 Å². The highest BCUT2D eigenvalue weighted by Gasteiger charge is 2.49. The monoisotopic (exact) mass is 331 g/mol. The highest BCUT2D eigenvalue weighted by atomic mass is 19.4. The number of nitrogens with zero attached hydrogens (tertiary/aromatic N) is 1. The average molecular weight is 331 g/mol. The highest BCUT2D eigenvalue weighted by molar-refractivity contribution is 6.19. The van der Waals surface area contributed by atoms with Gasteiger partial charge in [-0.25, -0.2) is 4.99 Å². The van der Waals surface area contributed by atoms with Crippen LogP contribution in [0.1, 0.15) is 13.8 Å². The zero-order valence-corrected chi connectivity index (χ0v) is 12.6. The van der Waals surface area contributed by atoms with Crippen molar-refractivity contribution in [2.24, 2.45) is 10.9 Å². The van der Waals surface area contributed by atoms with Gasteiger partial charge in [0.15, 0.2) is 0 Å². The number of alkyl halides is 3. The number of rotatable bonds is 6. The zero-order valence-electron chi connectivity index (χ0n) is 12.6. The SMILES string of the molecule is CCOC(=O)C(C(=O)OCC)C(=Nc1ccccc1)C(F)(F)F. The maximum Gasteiger partial charge on any atom is 0.430 e. The van der Waals surface area contributed by atoms with Crippen LogP contribution in [0.4, 0.5) is 18.9 Å². The molecule has 0 heterocycles. The first-order valence-corrected chi connectivity index (χ1v) is 6.85. The molecular formula is C15H16F3NO4. The summed E-state index contributed by atoms with van der Waals surface area (Å²) in [6.45, 7) is 2.49. The Morgan fingerprint density at radius 1 is 1.04 bits per heavy atom. The van der Waals surface area contributed by atoms with Crippen LogP contribution < -0.4 is 0 Å². The Kier molecular flexibility index (Phi) is 6.74. The third kappa shape index (κ3) is 5.39.